The molecule has 0 aromatic heterocycles. The lowest BCUT2D eigenvalue weighted by atomic mass is 9.87. The monoisotopic (exact) mass is 409 g/mol. The van der Waals surface area contributed by atoms with Crippen molar-refractivity contribution < 1.29 is 19.3 Å². The van der Waals surface area contributed by atoms with E-state index in [0.717, 1.165) is 51.3 Å². The third kappa shape index (κ3) is 4.85. The van der Waals surface area contributed by atoms with E-state index in [1.807, 2.05) is 24.1 Å². The largest absolute Gasteiger partial charge is 0.497 e. The smallest absolute Gasteiger partial charge is 0.278 e. The van der Waals surface area contributed by atoms with Crippen LogP contribution in [0, 0.1) is 0 Å². The van der Waals surface area contributed by atoms with Gasteiger partial charge in [-0.1, -0.05) is 24.3 Å². The Balaban J connectivity index is 1.27. The Morgan fingerprint density at radius 2 is 1.73 bits per heavy atom. The molecule has 1 fully saturated rings. The fourth-order valence-corrected chi connectivity index (χ4v) is 4.99. The Bertz CT molecular complexity index is 844. The van der Waals surface area contributed by atoms with Crippen molar-refractivity contribution in [2.45, 2.75) is 31.8 Å². The molecule has 0 saturated carbocycles. The van der Waals surface area contributed by atoms with Crippen LogP contribution < -0.4 is 14.5 Å². The summed E-state index contributed by atoms with van der Waals surface area (Å²) in [5.74, 6) is 1.19. The number of aryl methyl sites for hydroxylation is 1. The molecule has 2 aromatic carbocycles. The summed E-state index contributed by atoms with van der Waals surface area (Å²) in [6.45, 7) is 6.02. The first-order valence-corrected chi connectivity index (χ1v) is 11.3. The van der Waals surface area contributed by atoms with Crippen molar-refractivity contribution in [3.63, 3.8) is 0 Å². The van der Waals surface area contributed by atoms with E-state index in [-0.39, 0.29) is 11.9 Å². The summed E-state index contributed by atoms with van der Waals surface area (Å²) in [7, 11) is 3.70. The molecule has 2 aliphatic rings. The van der Waals surface area contributed by atoms with Crippen molar-refractivity contribution in [2.75, 3.05) is 46.9 Å². The maximum atomic E-state index is 13.0. The topological polar surface area (TPSA) is 38.4 Å². The number of fused-ring (bicyclic) bond motifs is 1. The lowest BCUT2D eigenvalue weighted by Crippen LogP contribution is -3.28. The number of benzene rings is 2. The van der Waals surface area contributed by atoms with Crippen molar-refractivity contribution in [3.8, 4) is 5.75 Å². The molecule has 5 nitrogen and oxygen atoms in total. The van der Waals surface area contributed by atoms with Crippen LogP contribution in [-0.2, 0) is 17.8 Å². The van der Waals surface area contributed by atoms with Gasteiger partial charge in [-0.3, -0.25) is 4.79 Å². The number of likely N-dealkylation sites (N-methyl/N-ethyl adjacent to an activating group) is 1. The van der Waals surface area contributed by atoms with E-state index in [4.69, 9.17) is 4.74 Å². The average molecular weight is 410 g/mol. The van der Waals surface area contributed by atoms with Crippen molar-refractivity contribution in [1.29, 1.82) is 0 Å². The first kappa shape index (κ1) is 20.9. The number of carbonyl (C=O) groups is 1. The molecule has 0 unspecified atom stereocenters. The molecule has 1 heterocycles. The maximum Gasteiger partial charge on any atom is 0.278 e. The van der Waals surface area contributed by atoms with E-state index in [2.05, 4.69) is 36.4 Å². The lowest BCUT2D eigenvalue weighted by Gasteiger charge is -2.35. The van der Waals surface area contributed by atoms with Gasteiger partial charge in [0.1, 0.15) is 38.5 Å². The first-order valence-electron chi connectivity index (χ1n) is 11.3. The van der Waals surface area contributed by atoms with Gasteiger partial charge in [-0.05, 0) is 54.7 Å². The van der Waals surface area contributed by atoms with Gasteiger partial charge in [0.15, 0.2) is 6.54 Å². The Hall–Kier alpha value is -2.37. The van der Waals surface area contributed by atoms with Crippen LogP contribution >= 0.6 is 0 Å². The minimum Gasteiger partial charge on any atom is -0.497 e. The number of carbonyl (C=O) groups excluding carboxylic acids is 1. The molecule has 1 amide bonds. The number of amides is 1. The van der Waals surface area contributed by atoms with Crippen LogP contribution in [0.15, 0.2) is 48.5 Å². The molecule has 0 radical (unpaired) electrons. The van der Waals surface area contributed by atoms with Gasteiger partial charge in [0.05, 0.1) is 13.2 Å². The number of hydrogen-bond donors (Lipinski definition) is 2. The Kier molecular flexibility index (Phi) is 6.70. The van der Waals surface area contributed by atoms with Crippen LogP contribution in [0.25, 0.3) is 0 Å². The summed E-state index contributed by atoms with van der Waals surface area (Å²) in [5, 5.41) is 0. The number of methoxy groups -OCH3 is 1. The van der Waals surface area contributed by atoms with Gasteiger partial charge < -0.3 is 19.4 Å². The minimum atomic E-state index is 0.240. The minimum absolute atomic E-state index is 0.240. The van der Waals surface area contributed by atoms with Gasteiger partial charge in [0.2, 0.25) is 0 Å². The summed E-state index contributed by atoms with van der Waals surface area (Å²) >= 11 is 0. The third-order valence-corrected chi connectivity index (χ3v) is 6.88. The van der Waals surface area contributed by atoms with E-state index >= 15 is 0 Å². The van der Waals surface area contributed by atoms with Crippen molar-refractivity contribution in [1.82, 2.24) is 4.90 Å². The highest BCUT2D eigenvalue weighted by Crippen LogP contribution is 2.33. The number of nitrogens with one attached hydrogen (secondary N) is 2. The SMILES string of the molecule is COc1ccc(C[NH+]2CC[NH+](CC(=O)N(C)[C@@H]3CCCc4ccccc43)CC2)cc1. The molecule has 160 valence electrons. The molecule has 30 heavy (non-hydrogen) atoms. The molecule has 2 N–H and O–H groups in total. The highest BCUT2D eigenvalue weighted by Gasteiger charge is 2.30. The number of rotatable bonds is 6. The summed E-state index contributed by atoms with van der Waals surface area (Å²) in [6.07, 6.45) is 3.38. The fourth-order valence-electron chi connectivity index (χ4n) is 4.99. The predicted octanol–water partition coefficient (Wildman–Crippen LogP) is 0.515. The second-order valence-corrected chi connectivity index (χ2v) is 8.81. The summed E-state index contributed by atoms with van der Waals surface area (Å²) in [5.41, 5.74) is 4.11. The molecule has 2 aromatic rings. The number of ether oxygens (including phenoxy) is 1. The van der Waals surface area contributed by atoms with Gasteiger partial charge in [0, 0.05) is 12.6 Å². The zero-order chi connectivity index (χ0) is 20.9. The van der Waals surface area contributed by atoms with Crippen LogP contribution in [0.3, 0.4) is 0 Å². The van der Waals surface area contributed by atoms with Crippen LogP contribution in [0.2, 0.25) is 0 Å². The highest BCUT2D eigenvalue weighted by molar-refractivity contribution is 5.77. The number of hydrogen-bond acceptors (Lipinski definition) is 2. The molecule has 4 rings (SSSR count). The number of nitrogens with zero attached hydrogens (tertiary/aromatic N) is 1. The second kappa shape index (κ2) is 9.63. The lowest BCUT2D eigenvalue weighted by molar-refractivity contribution is -1.02. The first-order chi connectivity index (χ1) is 14.6. The van der Waals surface area contributed by atoms with Crippen LogP contribution in [0.1, 0.15) is 35.6 Å². The summed E-state index contributed by atoms with van der Waals surface area (Å²) < 4.78 is 5.25. The zero-order valence-electron chi connectivity index (χ0n) is 18.3. The van der Waals surface area contributed by atoms with Crippen molar-refractivity contribution in [3.05, 3.63) is 65.2 Å². The molecule has 1 aliphatic carbocycles. The summed E-state index contributed by atoms with van der Waals surface area (Å²) in [4.78, 5) is 18.1. The summed E-state index contributed by atoms with van der Waals surface area (Å²) in [6, 6.07) is 17.3. The molecule has 1 atom stereocenters. The van der Waals surface area contributed by atoms with Gasteiger partial charge in [0.25, 0.3) is 5.91 Å². The molecule has 1 saturated heterocycles. The third-order valence-electron chi connectivity index (χ3n) is 6.88. The molecule has 0 spiro atoms. The average Bonchev–Trinajstić information content (AvgIpc) is 2.80. The fraction of sp³-hybridized carbons (Fsp3) is 0.480. The van der Waals surface area contributed by atoms with E-state index in [9.17, 15) is 4.79 Å². The Morgan fingerprint density at radius 3 is 2.47 bits per heavy atom. The van der Waals surface area contributed by atoms with Crippen molar-refractivity contribution in [2.24, 2.45) is 0 Å². The van der Waals surface area contributed by atoms with E-state index in [1.165, 1.54) is 28.0 Å². The van der Waals surface area contributed by atoms with Crippen LogP contribution in [0.4, 0.5) is 0 Å². The van der Waals surface area contributed by atoms with Gasteiger partial charge in [-0.15, -0.1) is 0 Å². The molecule has 1 aliphatic heterocycles. The quantitative estimate of drug-likeness (QED) is 0.730. The molecule has 0 bridgehead atoms. The standard InChI is InChI=1S/C25H33N3O2/c1-26(24-9-5-7-21-6-3-4-8-23(21)24)25(29)19-28-16-14-27(15-17-28)18-20-10-12-22(30-2)13-11-20/h3-4,6,8,10-13,24H,5,7,9,14-19H2,1-2H3/p+2/t24-/m1/s1. The Morgan fingerprint density at radius 1 is 1.03 bits per heavy atom. The van der Waals surface area contributed by atoms with Crippen LogP contribution in [-0.4, -0.2) is 57.7 Å². The number of quaternary nitrogens is 2. The Labute approximate surface area is 180 Å². The van der Waals surface area contributed by atoms with E-state index in [0.29, 0.717) is 6.54 Å². The van der Waals surface area contributed by atoms with Gasteiger partial charge >= 0.3 is 0 Å². The van der Waals surface area contributed by atoms with E-state index < -0.39 is 0 Å². The second-order valence-electron chi connectivity index (χ2n) is 8.81. The molecular weight excluding hydrogens is 374 g/mol. The van der Waals surface area contributed by atoms with Gasteiger partial charge in [-0.2, -0.15) is 0 Å². The number of piperazine rings is 1. The maximum absolute atomic E-state index is 13.0. The molecule has 5 heteroatoms. The predicted molar refractivity (Wildman–Crippen MR) is 118 cm³/mol. The normalized spacial score (nSPS) is 23.5. The zero-order valence-corrected chi connectivity index (χ0v) is 18.3. The van der Waals surface area contributed by atoms with Gasteiger partial charge in [-0.25, -0.2) is 0 Å². The van der Waals surface area contributed by atoms with Crippen molar-refractivity contribution >= 4 is 5.91 Å². The molecular formula is C25H35N3O2+2. The van der Waals surface area contributed by atoms with E-state index in [1.54, 1.807) is 12.0 Å². The highest BCUT2D eigenvalue weighted by atomic mass is 16.5. The van der Waals surface area contributed by atoms with Crippen LogP contribution in [0.5, 0.6) is 5.75 Å².